The van der Waals surface area contributed by atoms with Gasteiger partial charge in [-0.3, -0.25) is 9.59 Å². The van der Waals surface area contributed by atoms with Crippen molar-refractivity contribution in [1.29, 1.82) is 0 Å². The van der Waals surface area contributed by atoms with Crippen molar-refractivity contribution in [1.82, 2.24) is 25.4 Å². The molecule has 172 valence electrons. The number of aryl methyl sites for hydroxylation is 1. The molecular formula is C25H29N5O2S. The van der Waals surface area contributed by atoms with Crippen LogP contribution in [0.25, 0.3) is 0 Å². The summed E-state index contributed by atoms with van der Waals surface area (Å²) in [6.45, 7) is 8.63. The van der Waals surface area contributed by atoms with Crippen molar-refractivity contribution in [2.45, 2.75) is 38.0 Å². The lowest BCUT2D eigenvalue weighted by Gasteiger charge is -2.16. The maximum absolute atomic E-state index is 12.7. The predicted molar refractivity (Wildman–Crippen MR) is 131 cm³/mol. The summed E-state index contributed by atoms with van der Waals surface area (Å²) in [5.74, 6) is 0.615. The number of rotatable bonds is 11. The standard InChI is InChI=1S/C25H29N5O2S/c1-4-16-30-23(19(3)27-24(32)21-13-9-8-10-18(21)2)28-29-25(30)33-17-22(31)26-15-14-20-11-6-5-7-12-20/h4-13,19H,1,14-17H2,2-3H3,(H,26,31)(H,27,32)/t19-/m0/s1. The van der Waals surface area contributed by atoms with Crippen LogP contribution in [0.4, 0.5) is 0 Å². The Labute approximate surface area is 198 Å². The van der Waals surface area contributed by atoms with E-state index in [1.807, 2.05) is 66.9 Å². The molecule has 0 unspecified atom stereocenters. The molecule has 0 aliphatic heterocycles. The molecule has 0 bridgehead atoms. The summed E-state index contributed by atoms with van der Waals surface area (Å²) in [6, 6.07) is 17.1. The zero-order valence-corrected chi connectivity index (χ0v) is 19.8. The number of amides is 2. The minimum Gasteiger partial charge on any atom is -0.355 e. The molecule has 8 heteroatoms. The van der Waals surface area contributed by atoms with Gasteiger partial charge < -0.3 is 15.2 Å². The number of thioether (sulfide) groups is 1. The van der Waals surface area contributed by atoms with Gasteiger partial charge >= 0.3 is 0 Å². The van der Waals surface area contributed by atoms with Crippen molar-refractivity contribution in [2.75, 3.05) is 12.3 Å². The molecule has 1 heterocycles. The Morgan fingerprint density at radius 2 is 1.85 bits per heavy atom. The van der Waals surface area contributed by atoms with Crippen LogP contribution in [-0.2, 0) is 17.8 Å². The fourth-order valence-corrected chi connectivity index (χ4v) is 4.15. The van der Waals surface area contributed by atoms with E-state index in [0.717, 1.165) is 12.0 Å². The Hall–Kier alpha value is -3.39. The minimum absolute atomic E-state index is 0.0634. The quantitative estimate of drug-likeness (QED) is 0.334. The van der Waals surface area contributed by atoms with E-state index in [1.54, 1.807) is 12.1 Å². The zero-order chi connectivity index (χ0) is 23.6. The molecule has 0 saturated heterocycles. The lowest BCUT2D eigenvalue weighted by atomic mass is 10.1. The summed E-state index contributed by atoms with van der Waals surface area (Å²) < 4.78 is 1.87. The first kappa shape index (κ1) is 24.3. The Bertz CT molecular complexity index is 1100. The molecule has 2 amide bonds. The van der Waals surface area contributed by atoms with Gasteiger partial charge in [-0.05, 0) is 37.5 Å². The van der Waals surface area contributed by atoms with Crippen LogP contribution in [0.3, 0.4) is 0 Å². The van der Waals surface area contributed by atoms with Gasteiger partial charge in [-0.15, -0.1) is 16.8 Å². The molecule has 2 N–H and O–H groups in total. The van der Waals surface area contributed by atoms with Gasteiger partial charge in [0.15, 0.2) is 11.0 Å². The summed E-state index contributed by atoms with van der Waals surface area (Å²) >= 11 is 1.31. The number of carbonyl (C=O) groups is 2. The molecule has 33 heavy (non-hydrogen) atoms. The van der Waals surface area contributed by atoms with Crippen LogP contribution >= 0.6 is 11.8 Å². The van der Waals surface area contributed by atoms with Crippen LogP contribution in [0.2, 0.25) is 0 Å². The molecule has 3 rings (SSSR count). The van der Waals surface area contributed by atoms with Crippen molar-refractivity contribution >= 4 is 23.6 Å². The Morgan fingerprint density at radius 3 is 2.58 bits per heavy atom. The number of carbonyl (C=O) groups excluding carboxylic acids is 2. The largest absolute Gasteiger partial charge is 0.355 e. The van der Waals surface area contributed by atoms with Crippen LogP contribution in [0.1, 0.15) is 40.3 Å². The van der Waals surface area contributed by atoms with Crippen molar-refractivity contribution in [3.05, 3.63) is 89.8 Å². The average molecular weight is 464 g/mol. The lowest BCUT2D eigenvalue weighted by molar-refractivity contribution is -0.118. The monoisotopic (exact) mass is 463 g/mol. The summed E-state index contributed by atoms with van der Waals surface area (Å²) in [5, 5.41) is 15.1. The second kappa shape index (κ2) is 12.0. The molecule has 0 fully saturated rings. The SMILES string of the molecule is C=CCn1c(SCC(=O)NCCc2ccccc2)nnc1[C@H](C)NC(=O)c1ccccc1C. The Morgan fingerprint density at radius 1 is 1.12 bits per heavy atom. The van der Waals surface area contributed by atoms with Crippen molar-refractivity contribution in [2.24, 2.45) is 0 Å². The average Bonchev–Trinajstić information content (AvgIpc) is 3.21. The van der Waals surface area contributed by atoms with E-state index in [-0.39, 0.29) is 23.6 Å². The van der Waals surface area contributed by atoms with Gasteiger partial charge in [0.25, 0.3) is 5.91 Å². The first-order chi connectivity index (χ1) is 16.0. The van der Waals surface area contributed by atoms with Crippen LogP contribution in [0.15, 0.2) is 72.4 Å². The number of hydrogen-bond donors (Lipinski definition) is 2. The topological polar surface area (TPSA) is 88.9 Å². The van der Waals surface area contributed by atoms with Gasteiger partial charge in [-0.1, -0.05) is 66.4 Å². The number of nitrogens with one attached hydrogen (secondary N) is 2. The number of aromatic nitrogens is 3. The summed E-state index contributed by atoms with van der Waals surface area (Å²) in [7, 11) is 0. The second-order valence-electron chi connectivity index (χ2n) is 7.62. The molecule has 1 aromatic heterocycles. The molecule has 0 aliphatic carbocycles. The highest BCUT2D eigenvalue weighted by Gasteiger charge is 2.21. The van der Waals surface area contributed by atoms with Crippen molar-refractivity contribution < 1.29 is 9.59 Å². The van der Waals surface area contributed by atoms with Gasteiger partial charge in [0, 0.05) is 18.7 Å². The number of nitrogens with zero attached hydrogens (tertiary/aromatic N) is 3. The van der Waals surface area contributed by atoms with E-state index in [1.165, 1.54) is 17.3 Å². The fraction of sp³-hybridized carbons (Fsp3) is 0.280. The van der Waals surface area contributed by atoms with Crippen molar-refractivity contribution in [3.8, 4) is 0 Å². The van der Waals surface area contributed by atoms with Crippen LogP contribution in [0.5, 0.6) is 0 Å². The fourth-order valence-electron chi connectivity index (χ4n) is 3.37. The summed E-state index contributed by atoms with van der Waals surface area (Å²) in [6.07, 6.45) is 2.53. The third-order valence-corrected chi connectivity index (χ3v) is 6.06. The number of hydrogen-bond acceptors (Lipinski definition) is 5. The molecule has 7 nitrogen and oxygen atoms in total. The van der Waals surface area contributed by atoms with Crippen molar-refractivity contribution in [3.63, 3.8) is 0 Å². The smallest absolute Gasteiger partial charge is 0.252 e. The first-order valence-electron chi connectivity index (χ1n) is 10.8. The van der Waals surface area contributed by atoms with Crippen LogP contribution in [0, 0.1) is 6.92 Å². The maximum atomic E-state index is 12.7. The first-order valence-corrected chi connectivity index (χ1v) is 11.8. The number of allylic oxidation sites excluding steroid dienone is 1. The molecule has 3 aromatic rings. The maximum Gasteiger partial charge on any atom is 0.252 e. The third kappa shape index (κ3) is 6.79. The van der Waals surface area contributed by atoms with Gasteiger partial charge in [-0.25, -0.2) is 0 Å². The normalized spacial score (nSPS) is 11.6. The lowest BCUT2D eigenvalue weighted by Crippen LogP contribution is -2.29. The van der Waals surface area contributed by atoms with E-state index in [9.17, 15) is 9.59 Å². The molecule has 0 aliphatic rings. The Kier molecular flexibility index (Phi) is 8.83. The molecule has 1 atom stereocenters. The Balaban J connectivity index is 1.58. The van der Waals surface area contributed by atoms with Gasteiger partial charge in [0.2, 0.25) is 5.91 Å². The van der Waals surface area contributed by atoms with Crippen LogP contribution < -0.4 is 10.6 Å². The van der Waals surface area contributed by atoms with Gasteiger partial charge in [-0.2, -0.15) is 0 Å². The van der Waals surface area contributed by atoms with E-state index in [2.05, 4.69) is 27.4 Å². The second-order valence-corrected chi connectivity index (χ2v) is 8.57. The number of benzene rings is 2. The van der Waals surface area contributed by atoms with E-state index < -0.39 is 0 Å². The van der Waals surface area contributed by atoms with Gasteiger partial charge in [0.1, 0.15) is 0 Å². The molecule has 0 saturated carbocycles. The highest BCUT2D eigenvalue weighted by Crippen LogP contribution is 2.21. The van der Waals surface area contributed by atoms with E-state index in [0.29, 0.717) is 29.6 Å². The minimum atomic E-state index is -0.362. The summed E-state index contributed by atoms with van der Waals surface area (Å²) in [4.78, 5) is 25.0. The molecule has 0 radical (unpaired) electrons. The zero-order valence-electron chi connectivity index (χ0n) is 19.0. The molecule has 2 aromatic carbocycles. The summed E-state index contributed by atoms with van der Waals surface area (Å²) in [5.41, 5.74) is 2.72. The molecular weight excluding hydrogens is 434 g/mol. The molecule has 0 spiro atoms. The highest BCUT2D eigenvalue weighted by molar-refractivity contribution is 7.99. The van der Waals surface area contributed by atoms with Gasteiger partial charge in [0.05, 0.1) is 11.8 Å². The van der Waals surface area contributed by atoms with Crippen LogP contribution in [-0.4, -0.2) is 38.9 Å². The van der Waals surface area contributed by atoms with E-state index >= 15 is 0 Å². The highest BCUT2D eigenvalue weighted by atomic mass is 32.2. The van der Waals surface area contributed by atoms with E-state index in [4.69, 9.17) is 0 Å². The third-order valence-electron chi connectivity index (χ3n) is 5.09. The predicted octanol–water partition coefficient (Wildman–Crippen LogP) is 3.71.